The van der Waals surface area contributed by atoms with Gasteiger partial charge in [-0.05, 0) is 49.5 Å². The smallest absolute Gasteiger partial charge is 0.0101 e. The first kappa shape index (κ1) is 9.14. The Hall–Kier alpha value is -0.430. The SMILES string of the molecule is CSC1=CCCC=C1C1=CCCC1. The van der Waals surface area contributed by atoms with E-state index in [4.69, 9.17) is 0 Å². The Bertz CT molecular complexity index is 277. The van der Waals surface area contributed by atoms with Gasteiger partial charge in [-0.3, -0.25) is 0 Å². The van der Waals surface area contributed by atoms with Crippen LogP contribution in [0, 0.1) is 0 Å². The molecule has 0 bridgehead atoms. The van der Waals surface area contributed by atoms with Crippen LogP contribution in [0.4, 0.5) is 0 Å². The predicted molar refractivity (Wildman–Crippen MR) is 60.8 cm³/mol. The van der Waals surface area contributed by atoms with Gasteiger partial charge in [0.05, 0.1) is 0 Å². The van der Waals surface area contributed by atoms with Crippen molar-refractivity contribution in [3.8, 4) is 0 Å². The number of allylic oxidation sites excluding steroid dienone is 5. The van der Waals surface area contributed by atoms with Crippen molar-refractivity contribution in [2.24, 2.45) is 0 Å². The van der Waals surface area contributed by atoms with E-state index in [2.05, 4.69) is 24.5 Å². The quantitative estimate of drug-likeness (QED) is 0.635. The Morgan fingerprint density at radius 3 is 2.62 bits per heavy atom. The van der Waals surface area contributed by atoms with Gasteiger partial charge >= 0.3 is 0 Å². The van der Waals surface area contributed by atoms with Crippen LogP contribution in [-0.4, -0.2) is 6.26 Å². The van der Waals surface area contributed by atoms with Crippen molar-refractivity contribution in [1.29, 1.82) is 0 Å². The van der Waals surface area contributed by atoms with Gasteiger partial charge in [0.15, 0.2) is 0 Å². The zero-order chi connectivity index (χ0) is 9.10. The summed E-state index contributed by atoms with van der Waals surface area (Å²) in [4.78, 5) is 1.50. The molecule has 0 aromatic rings. The van der Waals surface area contributed by atoms with E-state index in [1.54, 1.807) is 5.57 Å². The highest BCUT2D eigenvalue weighted by atomic mass is 32.2. The Balaban J connectivity index is 2.21. The molecule has 0 radical (unpaired) electrons. The lowest BCUT2D eigenvalue weighted by atomic mass is 9.99. The largest absolute Gasteiger partial charge is 0.129 e. The highest BCUT2D eigenvalue weighted by Gasteiger charge is 2.14. The van der Waals surface area contributed by atoms with Crippen LogP contribution in [0.1, 0.15) is 32.1 Å². The summed E-state index contributed by atoms with van der Waals surface area (Å²) >= 11 is 1.89. The molecular formula is C12H16S. The molecule has 0 fully saturated rings. The van der Waals surface area contributed by atoms with Crippen LogP contribution >= 0.6 is 11.8 Å². The van der Waals surface area contributed by atoms with E-state index in [1.165, 1.54) is 42.6 Å². The molecule has 13 heavy (non-hydrogen) atoms. The molecule has 70 valence electrons. The molecule has 0 aliphatic heterocycles. The number of hydrogen-bond donors (Lipinski definition) is 0. The fourth-order valence-electron chi connectivity index (χ4n) is 2.05. The van der Waals surface area contributed by atoms with Gasteiger partial charge in [-0.25, -0.2) is 0 Å². The fraction of sp³-hybridized carbons (Fsp3) is 0.500. The van der Waals surface area contributed by atoms with Crippen LogP contribution in [0.25, 0.3) is 0 Å². The third-order valence-electron chi connectivity index (χ3n) is 2.72. The molecule has 2 rings (SSSR count). The minimum Gasteiger partial charge on any atom is -0.129 e. The molecule has 0 saturated heterocycles. The van der Waals surface area contributed by atoms with Gasteiger partial charge in [0.1, 0.15) is 0 Å². The predicted octanol–water partition coefficient (Wildman–Crippen LogP) is 4.06. The van der Waals surface area contributed by atoms with Gasteiger partial charge in [-0.2, -0.15) is 0 Å². The third kappa shape index (κ3) is 1.91. The lowest BCUT2D eigenvalue weighted by Crippen LogP contribution is -1.94. The number of thioether (sulfide) groups is 1. The van der Waals surface area contributed by atoms with Gasteiger partial charge in [-0.15, -0.1) is 11.8 Å². The zero-order valence-corrected chi connectivity index (χ0v) is 8.99. The van der Waals surface area contributed by atoms with Gasteiger partial charge < -0.3 is 0 Å². The monoisotopic (exact) mass is 192 g/mol. The lowest BCUT2D eigenvalue weighted by Gasteiger charge is -2.15. The van der Waals surface area contributed by atoms with E-state index in [1.807, 2.05) is 11.8 Å². The minimum atomic E-state index is 1.23. The molecule has 0 spiro atoms. The van der Waals surface area contributed by atoms with Crippen LogP contribution in [0.3, 0.4) is 0 Å². The molecule has 0 nitrogen and oxygen atoms in total. The molecule has 1 heteroatoms. The van der Waals surface area contributed by atoms with Crippen molar-refractivity contribution in [2.75, 3.05) is 6.26 Å². The standard InChI is InChI=1S/C12H16S/c1-13-12-9-5-4-8-11(12)10-6-2-3-7-10/h6,8-9H,2-5,7H2,1H3. The Labute approximate surface area is 84.8 Å². The molecule has 2 aliphatic carbocycles. The maximum Gasteiger partial charge on any atom is 0.0101 e. The highest BCUT2D eigenvalue weighted by Crippen LogP contribution is 2.36. The second-order valence-electron chi connectivity index (χ2n) is 3.59. The fourth-order valence-corrected chi connectivity index (χ4v) is 2.77. The van der Waals surface area contributed by atoms with E-state index in [0.717, 1.165) is 0 Å². The number of hydrogen-bond acceptors (Lipinski definition) is 1. The van der Waals surface area contributed by atoms with Crippen molar-refractivity contribution in [3.05, 3.63) is 34.3 Å². The van der Waals surface area contributed by atoms with E-state index in [9.17, 15) is 0 Å². The summed E-state index contributed by atoms with van der Waals surface area (Å²) in [6, 6.07) is 0. The maximum absolute atomic E-state index is 2.42. The molecule has 0 aromatic carbocycles. The van der Waals surface area contributed by atoms with E-state index in [0.29, 0.717) is 0 Å². The van der Waals surface area contributed by atoms with Gasteiger partial charge in [0.2, 0.25) is 0 Å². The molecule has 0 heterocycles. The average molecular weight is 192 g/mol. The van der Waals surface area contributed by atoms with Crippen molar-refractivity contribution in [2.45, 2.75) is 32.1 Å². The van der Waals surface area contributed by atoms with Crippen molar-refractivity contribution in [3.63, 3.8) is 0 Å². The first-order valence-corrected chi connectivity index (χ1v) is 6.28. The summed E-state index contributed by atoms with van der Waals surface area (Å²) in [5.74, 6) is 0. The van der Waals surface area contributed by atoms with Gasteiger partial charge in [0, 0.05) is 4.91 Å². The first-order valence-electron chi connectivity index (χ1n) is 5.06. The average Bonchev–Trinajstić information content (AvgIpc) is 2.70. The van der Waals surface area contributed by atoms with E-state index < -0.39 is 0 Å². The Morgan fingerprint density at radius 1 is 1.08 bits per heavy atom. The van der Waals surface area contributed by atoms with Crippen LogP contribution < -0.4 is 0 Å². The molecule has 2 aliphatic rings. The van der Waals surface area contributed by atoms with Gasteiger partial charge in [-0.1, -0.05) is 18.2 Å². The van der Waals surface area contributed by atoms with Crippen molar-refractivity contribution >= 4 is 11.8 Å². The van der Waals surface area contributed by atoms with Crippen molar-refractivity contribution < 1.29 is 0 Å². The summed E-state index contributed by atoms with van der Waals surface area (Å²) in [5.41, 5.74) is 3.14. The van der Waals surface area contributed by atoms with E-state index in [-0.39, 0.29) is 0 Å². The van der Waals surface area contributed by atoms with Gasteiger partial charge in [0.25, 0.3) is 0 Å². The third-order valence-corrected chi connectivity index (χ3v) is 3.54. The number of rotatable bonds is 2. The second-order valence-corrected chi connectivity index (χ2v) is 4.44. The Morgan fingerprint density at radius 2 is 1.92 bits per heavy atom. The summed E-state index contributed by atoms with van der Waals surface area (Å²) in [5, 5.41) is 0. The summed E-state index contributed by atoms with van der Waals surface area (Å²) in [7, 11) is 0. The molecule has 0 atom stereocenters. The maximum atomic E-state index is 2.42. The normalized spacial score (nSPS) is 22.4. The molecule has 0 amide bonds. The van der Waals surface area contributed by atoms with E-state index >= 15 is 0 Å². The first-order chi connectivity index (χ1) is 6.42. The molecule has 0 unspecified atom stereocenters. The van der Waals surface area contributed by atoms with Crippen molar-refractivity contribution in [1.82, 2.24) is 0 Å². The van der Waals surface area contributed by atoms with Crippen LogP contribution in [0.2, 0.25) is 0 Å². The summed E-state index contributed by atoms with van der Waals surface area (Å²) in [6.07, 6.45) is 15.8. The van der Waals surface area contributed by atoms with Crippen LogP contribution in [-0.2, 0) is 0 Å². The van der Waals surface area contributed by atoms with Crippen LogP contribution in [0.15, 0.2) is 34.3 Å². The topological polar surface area (TPSA) is 0 Å². The molecule has 0 saturated carbocycles. The summed E-state index contributed by atoms with van der Waals surface area (Å²) < 4.78 is 0. The Kier molecular flexibility index (Phi) is 2.94. The van der Waals surface area contributed by atoms with Crippen LogP contribution in [0.5, 0.6) is 0 Å². The summed E-state index contributed by atoms with van der Waals surface area (Å²) in [6.45, 7) is 0. The lowest BCUT2D eigenvalue weighted by molar-refractivity contribution is 0.906. The molecule has 0 aromatic heterocycles. The molecular weight excluding hydrogens is 176 g/mol. The highest BCUT2D eigenvalue weighted by molar-refractivity contribution is 8.02. The zero-order valence-electron chi connectivity index (χ0n) is 8.18. The second kappa shape index (κ2) is 4.19. The molecule has 0 N–H and O–H groups in total. The minimum absolute atomic E-state index is 1.23.